The number of nitrogens with two attached hydrogens (primary N) is 1. The van der Waals surface area contributed by atoms with E-state index in [9.17, 15) is 4.79 Å². The summed E-state index contributed by atoms with van der Waals surface area (Å²) in [7, 11) is 0. The van der Waals surface area contributed by atoms with Crippen molar-refractivity contribution in [1.82, 2.24) is 0 Å². The molecule has 0 saturated carbocycles. The van der Waals surface area contributed by atoms with Crippen LogP contribution in [-0.4, -0.2) is 12.3 Å². The van der Waals surface area contributed by atoms with E-state index in [0.29, 0.717) is 18.4 Å². The van der Waals surface area contributed by atoms with E-state index in [0.717, 1.165) is 5.56 Å². The van der Waals surface area contributed by atoms with Crippen LogP contribution in [0.15, 0.2) is 18.2 Å². The fraction of sp³-hybridized carbons (Fsp3) is 0.588. The summed E-state index contributed by atoms with van der Waals surface area (Å²) in [6, 6.07) is 6.34. The molecule has 2 N–H and O–H groups in total. The predicted molar refractivity (Wildman–Crippen MR) is 81.7 cm³/mol. The third-order valence-corrected chi connectivity index (χ3v) is 4.11. The molecule has 0 aromatic heterocycles. The minimum absolute atomic E-state index is 0.144. The highest BCUT2D eigenvalue weighted by Gasteiger charge is 2.35. The Hall–Kier alpha value is -1.15. The molecular formula is C17H27NO. The molecule has 0 aliphatic heterocycles. The molecule has 0 radical (unpaired) electrons. The number of carbonyl (C=O) groups excluding carboxylic acids is 1. The molecule has 0 bridgehead atoms. The number of hydrogen-bond donors (Lipinski definition) is 1. The molecule has 0 aliphatic carbocycles. The van der Waals surface area contributed by atoms with Gasteiger partial charge in [-0.25, -0.2) is 0 Å². The van der Waals surface area contributed by atoms with E-state index >= 15 is 0 Å². The van der Waals surface area contributed by atoms with Gasteiger partial charge in [-0.15, -0.1) is 0 Å². The first-order chi connectivity index (χ1) is 8.75. The first-order valence-electron chi connectivity index (χ1n) is 7.10. The molecule has 0 spiro atoms. The lowest BCUT2D eigenvalue weighted by Gasteiger charge is -2.33. The molecular weight excluding hydrogens is 234 g/mol. The maximum absolute atomic E-state index is 12.2. The molecule has 0 aliphatic rings. The lowest BCUT2D eigenvalue weighted by Crippen LogP contribution is -2.40. The third kappa shape index (κ3) is 2.89. The van der Waals surface area contributed by atoms with Crippen LogP contribution in [0.1, 0.15) is 70.1 Å². The van der Waals surface area contributed by atoms with Gasteiger partial charge in [-0.1, -0.05) is 45.9 Å². The maximum atomic E-state index is 12.2. The Morgan fingerprint density at radius 1 is 1.16 bits per heavy atom. The molecule has 106 valence electrons. The van der Waals surface area contributed by atoms with E-state index in [1.807, 2.05) is 6.92 Å². The van der Waals surface area contributed by atoms with Crippen LogP contribution in [0.3, 0.4) is 0 Å². The van der Waals surface area contributed by atoms with E-state index in [-0.39, 0.29) is 5.78 Å². The summed E-state index contributed by atoms with van der Waals surface area (Å²) >= 11 is 0. The Labute approximate surface area is 117 Å². The Morgan fingerprint density at radius 3 is 1.84 bits per heavy atom. The van der Waals surface area contributed by atoms with Crippen molar-refractivity contribution in [1.29, 1.82) is 0 Å². The van der Waals surface area contributed by atoms with Gasteiger partial charge in [0.25, 0.3) is 0 Å². The van der Waals surface area contributed by atoms with Crippen LogP contribution in [0.25, 0.3) is 0 Å². The summed E-state index contributed by atoms with van der Waals surface area (Å²) in [6.45, 7) is 12.6. The van der Waals surface area contributed by atoms with Crippen LogP contribution in [0, 0.1) is 0 Å². The maximum Gasteiger partial charge on any atom is 0.141 e. The summed E-state index contributed by atoms with van der Waals surface area (Å²) < 4.78 is 0. The first-order valence-corrected chi connectivity index (χ1v) is 7.10. The Balaban J connectivity index is 3.66. The molecule has 1 unspecified atom stereocenters. The quantitative estimate of drug-likeness (QED) is 0.877. The summed E-state index contributed by atoms with van der Waals surface area (Å²) in [4.78, 5) is 12.2. The largest absolute Gasteiger partial charge is 0.329 e. The van der Waals surface area contributed by atoms with Gasteiger partial charge in [0, 0.05) is 6.54 Å². The minimum atomic E-state index is -0.583. The molecule has 0 saturated heterocycles. The van der Waals surface area contributed by atoms with Crippen molar-refractivity contribution in [3.63, 3.8) is 0 Å². The zero-order chi connectivity index (χ0) is 14.8. The van der Waals surface area contributed by atoms with E-state index in [1.165, 1.54) is 11.1 Å². The second-order valence-electron chi connectivity index (χ2n) is 6.21. The number of ketones is 1. The third-order valence-electron chi connectivity index (χ3n) is 4.11. The predicted octanol–water partition coefficient (Wildman–Crippen LogP) is 3.74. The molecule has 0 fully saturated rings. The number of hydrogen-bond acceptors (Lipinski definition) is 2. The fourth-order valence-electron chi connectivity index (χ4n) is 2.61. The van der Waals surface area contributed by atoms with Crippen molar-refractivity contribution in [2.75, 3.05) is 6.54 Å². The van der Waals surface area contributed by atoms with Crippen LogP contribution in [-0.2, 0) is 10.2 Å². The first kappa shape index (κ1) is 15.9. The lowest BCUT2D eigenvalue weighted by molar-refractivity contribution is -0.121. The molecule has 1 aromatic rings. The molecule has 19 heavy (non-hydrogen) atoms. The molecule has 1 rings (SSSR count). The lowest BCUT2D eigenvalue weighted by atomic mass is 9.71. The second-order valence-corrected chi connectivity index (χ2v) is 6.21. The smallest absolute Gasteiger partial charge is 0.141 e. The van der Waals surface area contributed by atoms with Crippen molar-refractivity contribution in [3.8, 4) is 0 Å². The highest BCUT2D eigenvalue weighted by Crippen LogP contribution is 2.37. The van der Waals surface area contributed by atoms with Gasteiger partial charge in [0.05, 0.1) is 5.41 Å². The number of Topliss-reactive ketones (excluding diaryl/α,β-unsaturated/α-hetero) is 1. The standard InChI is InChI=1S/C17H27NO/c1-11(2)14-8-7-9-15(12(3)4)16(14)17(6,10-18)13(5)19/h7-9,11-12H,10,18H2,1-6H3. The van der Waals surface area contributed by atoms with Crippen LogP contribution in [0.2, 0.25) is 0 Å². The summed E-state index contributed by atoms with van der Waals surface area (Å²) in [5, 5.41) is 0. The van der Waals surface area contributed by atoms with Gasteiger partial charge in [-0.3, -0.25) is 4.79 Å². The number of rotatable bonds is 5. The molecule has 0 amide bonds. The van der Waals surface area contributed by atoms with Gasteiger partial charge in [-0.05, 0) is 42.4 Å². The van der Waals surface area contributed by atoms with E-state index in [2.05, 4.69) is 45.9 Å². The average Bonchev–Trinajstić information content (AvgIpc) is 2.36. The zero-order valence-electron chi connectivity index (χ0n) is 13.1. The van der Waals surface area contributed by atoms with Gasteiger partial charge >= 0.3 is 0 Å². The van der Waals surface area contributed by atoms with Crippen LogP contribution >= 0.6 is 0 Å². The van der Waals surface area contributed by atoms with Gasteiger partial charge in [0.1, 0.15) is 5.78 Å². The van der Waals surface area contributed by atoms with Gasteiger partial charge in [-0.2, -0.15) is 0 Å². The normalized spacial score (nSPS) is 14.8. The van der Waals surface area contributed by atoms with Crippen LogP contribution in [0.5, 0.6) is 0 Å². The minimum Gasteiger partial charge on any atom is -0.329 e. The van der Waals surface area contributed by atoms with Crippen molar-refractivity contribution < 1.29 is 4.79 Å². The van der Waals surface area contributed by atoms with Crippen molar-refractivity contribution in [2.45, 2.75) is 58.8 Å². The van der Waals surface area contributed by atoms with Gasteiger partial charge < -0.3 is 5.73 Å². The Kier molecular flexibility index (Phi) is 4.92. The summed E-state index contributed by atoms with van der Waals surface area (Å²) in [6.07, 6.45) is 0. The highest BCUT2D eigenvalue weighted by atomic mass is 16.1. The molecule has 1 atom stereocenters. The van der Waals surface area contributed by atoms with Crippen molar-refractivity contribution >= 4 is 5.78 Å². The fourth-order valence-corrected chi connectivity index (χ4v) is 2.61. The zero-order valence-corrected chi connectivity index (χ0v) is 13.1. The van der Waals surface area contributed by atoms with Crippen molar-refractivity contribution in [2.24, 2.45) is 5.73 Å². The van der Waals surface area contributed by atoms with E-state index in [4.69, 9.17) is 5.73 Å². The Morgan fingerprint density at radius 2 is 1.58 bits per heavy atom. The van der Waals surface area contributed by atoms with Crippen molar-refractivity contribution in [3.05, 3.63) is 34.9 Å². The highest BCUT2D eigenvalue weighted by molar-refractivity contribution is 5.89. The van der Waals surface area contributed by atoms with Crippen LogP contribution < -0.4 is 5.73 Å². The second kappa shape index (κ2) is 5.87. The topological polar surface area (TPSA) is 43.1 Å². The monoisotopic (exact) mass is 261 g/mol. The number of benzene rings is 1. The molecule has 0 heterocycles. The van der Waals surface area contributed by atoms with Crippen LogP contribution in [0.4, 0.5) is 0 Å². The SMILES string of the molecule is CC(=O)C(C)(CN)c1c(C(C)C)cccc1C(C)C. The van der Waals surface area contributed by atoms with Gasteiger partial charge in [0.15, 0.2) is 0 Å². The van der Waals surface area contributed by atoms with E-state index in [1.54, 1.807) is 6.92 Å². The van der Waals surface area contributed by atoms with E-state index < -0.39 is 5.41 Å². The number of carbonyl (C=O) groups is 1. The summed E-state index contributed by atoms with van der Waals surface area (Å²) in [5.41, 5.74) is 9.01. The van der Waals surface area contributed by atoms with Gasteiger partial charge in [0.2, 0.25) is 0 Å². The molecule has 2 nitrogen and oxygen atoms in total. The molecule has 1 aromatic carbocycles. The average molecular weight is 261 g/mol. The molecule has 2 heteroatoms. The Bertz CT molecular complexity index is 436. The summed E-state index contributed by atoms with van der Waals surface area (Å²) in [5.74, 6) is 0.919.